The van der Waals surface area contributed by atoms with Crippen molar-refractivity contribution in [3.05, 3.63) is 82.4 Å². The quantitative estimate of drug-likeness (QED) is 0.199. The topological polar surface area (TPSA) is 117 Å². The van der Waals surface area contributed by atoms with Crippen molar-refractivity contribution in [1.29, 1.82) is 0 Å². The van der Waals surface area contributed by atoms with Gasteiger partial charge >= 0.3 is 12.1 Å². The van der Waals surface area contributed by atoms with Crippen molar-refractivity contribution in [2.24, 2.45) is 0 Å². The molecule has 8 nitrogen and oxygen atoms in total. The van der Waals surface area contributed by atoms with Gasteiger partial charge in [-0.1, -0.05) is 25.1 Å². The number of carbonyl (C=O) groups excluding carboxylic acids is 1. The van der Waals surface area contributed by atoms with Crippen molar-refractivity contribution in [3.63, 3.8) is 0 Å². The lowest BCUT2D eigenvalue weighted by Gasteiger charge is -2.22. The fourth-order valence-electron chi connectivity index (χ4n) is 4.71. The predicted molar refractivity (Wildman–Crippen MR) is 150 cm³/mol. The molecule has 0 saturated carbocycles. The number of anilines is 1. The van der Waals surface area contributed by atoms with Gasteiger partial charge in [0, 0.05) is 29.3 Å². The first kappa shape index (κ1) is 31.3. The van der Waals surface area contributed by atoms with Crippen LogP contribution in [0.5, 0.6) is 0 Å². The number of rotatable bonds is 9. The molecular formula is C30H28F5N5O3. The highest BCUT2D eigenvalue weighted by atomic mass is 19.4. The van der Waals surface area contributed by atoms with Gasteiger partial charge in [-0.2, -0.15) is 13.2 Å². The van der Waals surface area contributed by atoms with Crippen molar-refractivity contribution in [1.82, 2.24) is 20.3 Å². The van der Waals surface area contributed by atoms with Crippen molar-refractivity contribution in [3.8, 4) is 11.3 Å². The maximum atomic E-state index is 14.8. The van der Waals surface area contributed by atoms with Crippen LogP contribution >= 0.6 is 0 Å². The van der Waals surface area contributed by atoms with Crippen molar-refractivity contribution >= 4 is 28.5 Å². The number of halogens is 5. The van der Waals surface area contributed by atoms with Crippen molar-refractivity contribution in [2.75, 3.05) is 5.32 Å². The van der Waals surface area contributed by atoms with E-state index in [-0.39, 0.29) is 6.42 Å². The Kier molecular flexibility index (Phi) is 8.93. The Labute approximate surface area is 243 Å². The molecule has 226 valence electrons. The average Bonchev–Trinajstić information content (AvgIpc) is 2.92. The number of carboxylic acids is 1. The van der Waals surface area contributed by atoms with E-state index in [1.54, 1.807) is 30.5 Å². The number of nitrogens with zero attached hydrogens (tertiary/aromatic N) is 3. The maximum Gasteiger partial charge on any atom is 0.408 e. The van der Waals surface area contributed by atoms with Crippen LogP contribution in [0.25, 0.3) is 22.2 Å². The number of fused-ring (bicyclic) bond motifs is 1. The van der Waals surface area contributed by atoms with Crippen LogP contribution in [0, 0.1) is 32.4 Å². The summed E-state index contributed by atoms with van der Waals surface area (Å²) in [5, 5.41) is 14.6. The molecule has 3 N–H and O–H groups in total. The van der Waals surface area contributed by atoms with E-state index in [1.807, 2.05) is 26.1 Å². The molecule has 0 aliphatic heterocycles. The summed E-state index contributed by atoms with van der Waals surface area (Å²) < 4.78 is 68.9. The van der Waals surface area contributed by atoms with Crippen LogP contribution in [0.2, 0.25) is 0 Å². The molecule has 0 fully saturated rings. The highest BCUT2D eigenvalue weighted by Crippen LogP contribution is 2.31. The standard InChI is InChI=1S/C30H28F5N5O3/c1-5-24(30(33,34)35)39-18-12-21(31)25(22(32)13-18)28(41)40-23(29(42)43)11-17-8-9-20(27-19(17)7-6-10-36-27)26-16(4)37-14(2)15(3)38-26/h6-10,12-13,23-24,39H,5,11H2,1-4H3,(H,40,41)(H,42,43)/t23-,24+/m0/s1. The van der Waals surface area contributed by atoms with E-state index in [0.717, 1.165) is 11.4 Å². The van der Waals surface area contributed by atoms with Gasteiger partial charge in [-0.05, 0) is 51.0 Å². The number of hydrogen-bond donors (Lipinski definition) is 3. The molecule has 0 radical (unpaired) electrons. The maximum absolute atomic E-state index is 14.8. The number of benzene rings is 2. The predicted octanol–water partition coefficient (Wildman–Crippen LogP) is 6.07. The number of pyridine rings is 1. The zero-order valence-corrected chi connectivity index (χ0v) is 23.6. The summed E-state index contributed by atoms with van der Waals surface area (Å²) in [4.78, 5) is 38.6. The van der Waals surface area contributed by atoms with Crippen LogP contribution in [0.4, 0.5) is 27.6 Å². The molecule has 0 unspecified atom stereocenters. The first-order valence-electron chi connectivity index (χ1n) is 13.3. The number of alkyl halides is 3. The summed E-state index contributed by atoms with van der Waals surface area (Å²) in [5.41, 5.74) is 2.80. The van der Waals surface area contributed by atoms with E-state index in [2.05, 4.69) is 20.3 Å². The molecule has 2 heterocycles. The van der Waals surface area contributed by atoms with Crippen molar-refractivity contribution in [2.45, 2.75) is 58.8 Å². The lowest BCUT2D eigenvalue weighted by atomic mass is 9.96. The second-order valence-electron chi connectivity index (χ2n) is 10.0. The number of nitrogens with one attached hydrogen (secondary N) is 2. The zero-order chi connectivity index (χ0) is 31.6. The Hall–Kier alpha value is -4.68. The SMILES string of the molecule is CC[C@@H](Nc1cc(F)c(C(=O)N[C@@H](Cc2ccc(-c3nc(C)c(C)nc3C)c3ncccc23)C(=O)O)c(F)c1)C(F)(F)F. The first-order chi connectivity index (χ1) is 20.2. The number of aryl methyl sites for hydroxylation is 3. The van der Waals surface area contributed by atoms with Crippen LogP contribution in [0.15, 0.2) is 42.6 Å². The second-order valence-corrected chi connectivity index (χ2v) is 10.0. The number of aliphatic carboxylic acids is 1. The molecule has 4 rings (SSSR count). The van der Waals surface area contributed by atoms with Gasteiger partial charge in [-0.25, -0.2) is 18.6 Å². The largest absolute Gasteiger partial charge is 0.480 e. The monoisotopic (exact) mass is 601 g/mol. The number of carboxylic acid groups (broad SMARTS) is 1. The molecule has 4 aromatic rings. The summed E-state index contributed by atoms with van der Waals surface area (Å²) in [6.07, 6.45) is -3.78. The van der Waals surface area contributed by atoms with Crippen LogP contribution in [0.3, 0.4) is 0 Å². The van der Waals surface area contributed by atoms with E-state index in [0.29, 0.717) is 45.6 Å². The minimum absolute atomic E-state index is 0.270. The van der Waals surface area contributed by atoms with Gasteiger partial charge in [0.05, 0.1) is 28.3 Å². The number of carbonyl (C=O) groups is 2. The highest BCUT2D eigenvalue weighted by Gasteiger charge is 2.38. The lowest BCUT2D eigenvalue weighted by Crippen LogP contribution is -2.43. The first-order valence-corrected chi connectivity index (χ1v) is 13.3. The van der Waals surface area contributed by atoms with E-state index >= 15 is 0 Å². The smallest absolute Gasteiger partial charge is 0.408 e. The average molecular weight is 602 g/mol. The summed E-state index contributed by atoms with van der Waals surface area (Å²) in [6, 6.07) is 4.18. The molecule has 1 amide bonds. The molecular weight excluding hydrogens is 573 g/mol. The number of hydrogen-bond acceptors (Lipinski definition) is 6. The minimum atomic E-state index is -4.67. The lowest BCUT2D eigenvalue weighted by molar-refractivity contribution is -0.143. The third-order valence-corrected chi connectivity index (χ3v) is 7.04. The Morgan fingerprint density at radius 3 is 2.23 bits per heavy atom. The summed E-state index contributed by atoms with van der Waals surface area (Å²) in [6.45, 7) is 6.73. The van der Waals surface area contributed by atoms with Gasteiger partial charge < -0.3 is 15.7 Å². The van der Waals surface area contributed by atoms with Crippen LogP contribution in [0.1, 0.15) is 46.3 Å². The third-order valence-electron chi connectivity index (χ3n) is 7.04. The second kappa shape index (κ2) is 12.3. The Morgan fingerprint density at radius 1 is 0.977 bits per heavy atom. The van der Waals surface area contributed by atoms with Gasteiger partial charge in [0.1, 0.15) is 29.3 Å². The molecule has 0 saturated heterocycles. The van der Waals surface area contributed by atoms with Crippen molar-refractivity contribution < 1.29 is 36.6 Å². The minimum Gasteiger partial charge on any atom is -0.480 e. The Bertz CT molecular complexity index is 1690. The molecule has 13 heteroatoms. The van der Waals surface area contributed by atoms with Gasteiger partial charge in [0.15, 0.2) is 0 Å². The number of aromatic nitrogens is 3. The molecule has 43 heavy (non-hydrogen) atoms. The molecule has 0 aliphatic rings. The zero-order valence-electron chi connectivity index (χ0n) is 23.6. The fourth-order valence-corrected chi connectivity index (χ4v) is 4.71. The summed E-state index contributed by atoms with van der Waals surface area (Å²) >= 11 is 0. The van der Waals surface area contributed by atoms with Gasteiger partial charge in [0.2, 0.25) is 0 Å². The van der Waals surface area contributed by atoms with Crippen LogP contribution < -0.4 is 10.6 Å². The van der Waals surface area contributed by atoms with E-state index in [1.165, 1.54) is 6.92 Å². The van der Waals surface area contributed by atoms with Crippen LogP contribution in [-0.2, 0) is 11.2 Å². The summed E-state index contributed by atoms with van der Waals surface area (Å²) in [5.74, 6) is -5.76. The van der Waals surface area contributed by atoms with Gasteiger partial charge in [-0.3, -0.25) is 14.8 Å². The molecule has 0 spiro atoms. The van der Waals surface area contributed by atoms with E-state index in [4.69, 9.17) is 0 Å². The molecule has 0 aliphatic carbocycles. The molecule has 2 aromatic carbocycles. The molecule has 2 aromatic heterocycles. The molecule has 0 bridgehead atoms. The number of amides is 1. The summed E-state index contributed by atoms with van der Waals surface area (Å²) in [7, 11) is 0. The normalized spacial score (nSPS) is 13.0. The van der Waals surface area contributed by atoms with Gasteiger partial charge in [-0.15, -0.1) is 0 Å². The van der Waals surface area contributed by atoms with E-state index in [9.17, 15) is 36.6 Å². The fraction of sp³-hybridized carbons (Fsp3) is 0.300. The molecule has 2 atom stereocenters. The highest BCUT2D eigenvalue weighted by molar-refractivity contribution is 5.98. The Balaban J connectivity index is 1.63. The third kappa shape index (κ3) is 6.71. The van der Waals surface area contributed by atoms with Crippen LogP contribution in [-0.4, -0.2) is 50.2 Å². The van der Waals surface area contributed by atoms with E-state index < -0.39 is 59.4 Å². The van der Waals surface area contributed by atoms with Gasteiger partial charge in [0.25, 0.3) is 5.91 Å². The Morgan fingerprint density at radius 2 is 1.63 bits per heavy atom.